The highest BCUT2D eigenvalue weighted by molar-refractivity contribution is 6.04. The molecule has 2 N–H and O–H groups in total. The van der Waals surface area contributed by atoms with Gasteiger partial charge in [0.2, 0.25) is 5.78 Å². The number of hydrogen-bond donors (Lipinski definition) is 2. The minimum atomic E-state index is -2.44. The molecule has 4 aliphatic rings. The van der Waals surface area contributed by atoms with Crippen molar-refractivity contribution in [2.75, 3.05) is 13.2 Å². The van der Waals surface area contributed by atoms with Crippen LogP contribution in [0.1, 0.15) is 66.2 Å². The second-order valence-corrected chi connectivity index (χ2v) is 11.5. The number of allylic oxidation sites excluding steroid dienone is 4. The molecule has 0 amide bonds. The number of ketones is 2. The van der Waals surface area contributed by atoms with E-state index in [9.17, 15) is 24.2 Å². The standard InChI is InChI=1S/C27H37F3O5/c1-5-6-7-10-35-27(21(34)14-31)15(2)11-16-17-12-18(28)22-23(29)19(32)8-9-24(22,3)26(17,30)20(33)13-25(16,27)4/h8-9,15-18,20,31,33H,5-7,10-14H2,1-4H3/t15?,16-,17-,18?,20?,24-,25-,26-,27-/m0/s1. The van der Waals surface area contributed by atoms with Gasteiger partial charge in [0.25, 0.3) is 0 Å². The van der Waals surface area contributed by atoms with Crippen LogP contribution in [-0.2, 0) is 14.3 Å². The predicted octanol–water partition coefficient (Wildman–Crippen LogP) is 4.36. The molecule has 4 aliphatic carbocycles. The van der Waals surface area contributed by atoms with Crippen LogP contribution in [0.3, 0.4) is 0 Å². The summed E-state index contributed by atoms with van der Waals surface area (Å²) in [5.41, 5.74) is -7.34. The van der Waals surface area contributed by atoms with Crippen LogP contribution in [-0.4, -0.2) is 58.5 Å². The average Bonchev–Trinajstić information content (AvgIpc) is 3.02. The topological polar surface area (TPSA) is 83.8 Å². The van der Waals surface area contributed by atoms with E-state index >= 15 is 8.78 Å². The first kappa shape index (κ1) is 26.6. The SMILES string of the molecule is CCCCCO[C@]1(C(=O)CO)C(C)C[C@H]2[C@@H]3CC(F)C4=C(F)C(=O)C=C[C@]4(C)[C@@]3(F)C(O)C[C@@]21C. The van der Waals surface area contributed by atoms with Gasteiger partial charge in [0, 0.05) is 28.9 Å². The van der Waals surface area contributed by atoms with Crippen molar-refractivity contribution in [2.45, 2.75) is 89.8 Å². The Hall–Kier alpha value is -1.51. The fourth-order valence-corrected chi connectivity index (χ4v) is 8.30. The number of Topliss-reactive ketones (excluding diaryl/α,β-unsaturated/α-hetero) is 1. The quantitative estimate of drug-likeness (QED) is 0.510. The number of hydrogen-bond acceptors (Lipinski definition) is 5. The molecule has 4 rings (SSSR count). The van der Waals surface area contributed by atoms with Crippen LogP contribution in [0.25, 0.3) is 0 Å². The minimum absolute atomic E-state index is 0.169. The summed E-state index contributed by atoms with van der Waals surface area (Å²) in [7, 11) is 0. The fourth-order valence-electron chi connectivity index (χ4n) is 8.30. The summed E-state index contributed by atoms with van der Waals surface area (Å²) < 4.78 is 54.0. The lowest BCUT2D eigenvalue weighted by Crippen LogP contribution is -2.71. The number of halogens is 3. The molecule has 196 valence electrons. The van der Waals surface area contributed by atoms with Gasteiger partial charge in [-0.25, -0.2) is 13.2 Å². The third kappa shape index (κ3) is 3.24. The van der Waals surface area contributed by atoms with Crippen LogP contribution >= 0.6 is 0 Å². The van der Waals surface area contributed by atoms with Gasteiger partial charge in [-0.05, 0) is 50.5 Å². The Labute approximate surface area is 204 Å². The van der Waals surface area contributed by atoms with Gasteiger partial charge >= 0.3 is 0 Å². The molecule has 3 fully saturated rings. The number of rotatable bonds is 7. The van der Waals surface area contributed by atoms with Crippen molar-refractivity contribution in [2.24, 2.45) is 28.6 Å². The molecule has 0 radical (unpaired) electrons. The maximum Gasteiger partial charge on any atom is 0.213 e. The van der Waals surface area contributed by atoms with E-state index in [0.717, 1.165) is 18.9 Å². The van der Waals surface area contributed by atoms with Crippen molar-refractivity contribution in [1.29, 1.82) is 0 Å². The summed E-state index contributed by atoms with van der Waals surface area (Å²) >= 11 is 0. The molecule has 9 atom stereocenters. The van der Waals surface area contributed by atoms with Crippen molar-refractivity contribution >= 4 is 11.6 Å². The Kier molecular flexibility index (Phi) is 6.68. The lowest BCUT2D eigenvalue weighted by molar-refractivity contribution is -0.233. The summed E-state index contributed by atoms with van der Waals surface area (Å²) in [6.45, 7) is 6.51. The first-order valence-electron chi connectivity index (χ1n) is 12.8. The molecule has 0 aliphatic heterocycles. The smallest absolute Gasteiger partial charge is 0.213 e. The van der Waals surface area contributed by atoms with Crippen LogP contribution in [0.4, 0.5) is 13.2 Å². The molecule has 0 heterocycles. The average molecular weight is 499 g/mol. The highest BCUT2D eigenvalue weighted by Crippen LogP contribution is 2.72. The van der Waals surface area contributed by atoms with Crippen molar-refractivity contribution in [3.05, 3.63) is 23.6 Å². The molecule has 3 unspecified atom stereocenters. The van der Waals surface area contributed by atoms with Gasteiger partial charge in [0.1, 0.15) is 18.4 Å². The van der Waals surface area contributed by atoms with E-state index < -0.39 is 88.1 Å². The van der Waals surface area contributed by atoms with E-state index in [1.54, 1.807) is 6.92 Å². The molecule has 0 bridgehead atoms. The van der Waals surface area contributed by atoms with E-state index in [1.807, 2.05) is 13.8 Å². The molecule has 0 spiro atoms. The molecule has 8 heteroatoms. The van der Waals surface area contributed by atoms with Gasteiger partial charge in [-0.1, -0.05) is 39.7 Å². The van der Waals surface area contributed by atoms with Gasteiger partial charge in [-0.15, -0.1) is 0 Å². The third-order valence-electron chi connectivity index (χ3n) is 9.88. The van der Waals surface area contributed by atoms with Crippen molar-refractivity contribution in [3.8, 4) is 0 Å². The Bertz CT molecular complexity index is 964. The fraction of sp³-hybridized carbons (Fsp3) is 0.778. The Morgan fingerprint density at radius 3 is 2.54 bits per heavy atom. The summed E-state index contributed by atoms with van der Waals surface area (Å²) in [4.78, 5) is 25.3. The molecule has 3 saturated carbocycles. The molecular formula is C27H37F3O5. The van der Waals surface area contributed by atoms with Gasteiger partial charge < -0.3 is 14.9 Å². The van der Waals surface area contributed by atoms with E-state index in [-0.39, 0.29) is 13.0 Å². The van der Waals surface area contributed by atoms with E-state index in [4.69, 9.17) is 4.74 Å². The monoisotopic (exact) mass is 498 g/mol. The zero-order valence-electron chi connectivity index (χ0n) is 21.0. The number of unbranched alkanes of at least 4 members (excludes halogenated alkanes) is 2. The van der Waals surface area contributed by atoms with Gasteiger partial charge in [0.15, 0.2) is 17.3 Å². The van der Waals surface area contributed by atoms with Gasteiger partial charge in [-0.2, -0.15) is 0 Å². The lowest BCUT2D eigenvalue weighted by atomic mass is 9.44. The number of alkyl halides is 2. The Morgan fingerprint density at radius 2 is 1.91 bits per heavy atom. The van der Waals surface area contributed by atoms with Gasteiger partial charge in [0.05, 0.1) is 6.10 Å². The van der Waals surface area contributed by atoms with Crippen molar-refractivity contribution < 1.29 is 37.7 Å². The summed E-state index contributed by atoms with van der Waals surface area (Å²) in [6.07, 6.45) is 0.870. The first-order valence-corrected chi connectivity index (χ1v) is 12.8. The Balaban J connectivity index is 1.82. The Morgan fingerprint density at radius 1 is 1.23 bits per heavy atom. The maximum atomic E-state index is 17.3. The first-order chi connectivity index (χ1) is 16.4. The second kappa shape index (κ2) is 8.80. The number of aliphatic hydroxyl groups excluding tert-OH is 2. The summed E-state index contributed by atoms with van der Waals surface area (Å²) in [5, 5.41) is 21.3. The molecule has 0 aromatic carbocycles. The van der Waals surface area contributed by atoms with E-state index in [0.29, 0.717) is 12.8 Å². The number of fused-ring (bicyclic) bond motifs is 5. The van der Waals surface area contributed by atoms with E-state index in [1.165, 1.54) is 13.0 Å². The lowest BCUT2D eigenvalue weighted by Gasteiger charge is -2.63. The molecule has 35 heavy (non-hydrogen) atoms. The van der Waals surface area contributed by atoms with Crippen LogP contribution in [0.5, 0.6) is 0 Å². The number of carbonyl (C=O) groups excluding carboxylic acids is 2. The largest absolute Gasteiger partial charge is 0.390 e. The predicted molar refractivity (Wildman–Crippen MR) is 124 cm³/mol. The molecule has 0 aromatic rings. The van der Waals surface area contributed by atoms with Crippen molar-refractivity contribution in [1.82, 2.24) is 0 Å². The van der Waals surface area contributed by atoms with Crippen LogP contribution in [0.15, 0.2) is 23.6 Å². The number of ether oxygens (including phenoxy) is 1. The van der Waals surface area contributed by atoms with Crippen LogP contribution < -0.4 is 0 Å². The molecular weight excluding hydrogens is 461 g/mol. The number of carbonyl (C=O) groups is 2. The highest BCUT2D eigenvalue weighted by Gasteiger charge is 2.77. The molecule has 0 aromatic heterocycles. The highest BCUT2D eigenvalue weighted by atomic mass is 19.2. The number of aliphatic hydroxyl groups is 2. The molecule has 5 nitrogen and oxygen atoms in total. The van der Waals surface area contributed by atoms with E-state index in [2.05, 4.69) is 0 Å². The van der Waals surface area contributed by atoms with Crippen molar-refractivity contribution in [3.63, 3.8) is 0 Å². The summed E-state index contributed by atoms with van der Waals surface area (Å²) in [6, 6.07) is 0. The zero-order valence-corrected chi connectivity index (χ0v) is 21.0. The summed E-state index contributed by atoms with van der Waals surface area (Å²) in [5.74, 6) is -4.81. The zero-order chi connectivity index (χ0) is 26.0. The minimum Gasteiger partial charge on any atom is -0.390 e. The third-order valence-corrected chi connectivity index (χ3v) is 9.88. The van der Waals surface area contributed by atoms with Crippen LogP contribution in [0.2, 0.25) is 0 Å². The second-order valence-electron chi connectivity index (χ2n) is 11.5. The normalized spacial score (nSPS) is 46.9. The van der Waals surface area contributed by atoms with Crippen LogP contribution in [0, 0.1) is 28.6 Å². The van der Waals surface area contributed by atoms with Gasteiger partial charge in [-0.3, -0.25) is 9.59 Å². The maximum absolute atomic E-state index is 17.3. The molecule has 0 saturated heterocycles.